The average molecular weight is 412 g/mol. The lowest BCUT2D eigenvalue weighted by molar-refractivity contribution is 0.0985. The van der Waals surface area contributed by atoms with Crippen molar-refractivity contribution in [2.24, 2.45) is 0 Å². The van der Waals surface area contributed by atoms with Gasteiger partial charge in [0.25, 0.3) is 5.91 Å². The van der Waals surface area contributed by atoms with Gasteiger partial charge in [0.15, 0.2) is 5.13 Å². The van der Waals surface area contributed by atoms with Crippen LogP contribution in [0.3, 0.4) is 0 Å². The molecule has 0 aliphatic heterocycles. The monoisotopic (exact) mass is 411 g/mol. The number of anilines is 1. The molecule has 0 spiro atoms. The summed E-state index contributed by atoms with van der Waals surface area (Å²) in [6.45, 7) is 8.10. The summed E-state index contributed by atoms with van der Waals surface area (Å²) in [5.74, 6) is 0.762. The standard InChI is InChI=1S/C23H29N3O2S/c1-6-28-19-9-7-10-20-21(19)24-23(29-20)26(14-8-13-25(4)5)22(27)18-12-11-16(2)15-17(18)3/h7,9-12,15H,6,8,13-14H2,1-5H3. The summed E-state index contributed by atoms with van der Waals surface area (Å²) in [5, 5.41) is 0.718. The normalized spacial score (nSPS) is 11.2. The van der Waals surface area contributed by atoms with E-state index in [0.29, 0.717) is 13.2 Å². The molecular weight excluding hydrogens is 382 g/mol. The second kappa shape index (κ2) is 9.37. The molecule has 29 heavy (non-hydrogen) atoms. The molecule has 154 valence electrons. The third-order valence-corrected chi connectivity index (χ3v) is 5.79. The molecule has 2 aromatic carbocycles. The summed E-state index contributed by atoms with van der Waals surface area (Å²) >= 11 is 1.54. The number of nitrogens with zero attached hydrogens (tertiary/aromatic N) is 3. The van der Waals surface area contributed by atoms with Gasteiger partial charge in [-0.05, 0) is 71.6 Å². The Labute approximate surface area is 176 Å². The lowest BCUT2D eigenvalue weighted by Gasteiger charge is -2.22. The number of benzene rings is 2. The molecule has 6 heteroatoms. The van der Waals surface area contributed by atoms with Gasteiger partial charge >= 0.3 is 0 Å². The number of fused-ring (bicyclic) bond motifs is 1. The van der Waals surface area contributed by atoms with E-state index in [1.165, 1.54) is 11.3 Å². The maximum atomic E-state index is 13.5. The SMILES string of the molecule is CCOc1cccc2sc(N(CCCN(C)C)C(=O)c3ccc(C)cc3C)nc12. The minimum atomic E-state index is -0.00160. The fourth-order valence-corrected chi connectivity index (χ4v) is 4.33. The van der Waals surface area contributed by atoms with Gasteiger partial charge in [0.1, 0.15) is 11.3 Å². The van der Waals surface area contributed by atoms with Gasteiger partial charge in [-0.25, -0.2) is 4.98 Å². The van der Waals surface area contributed by atoms with Gasteiger partial charge in [-0.1, -0.05) is 35.1 Å². The van der Waals surface area contributed by atoms with Gasteiger partial charge in [-0.3, -0.25) is 9.69 Å². The van der Waals surface area contributed by atoms with Crippen LogP contribution >= 0.6 is 11.3 Å². The third-order valence-electron chi connectivity index (χ3n) is 4.75. The van der Waals surface area contributed by atoms with Gasteiger partial charge < -0.3 is 9.64 Å². The lowest BCUT2D eigenvalue weighted by Crippen LogP contribution is -2.33. The Bertz CT molecular complexity index is 997. The molecule has 0 radical (unpaired) electrons. The van der Waals surface area contributed by atoms with Crippen LogP contribution < -0.4 is 9.64 Å². The van der Waals surface area contributed by atoms with Crippen molar-refractivity contribution >= 4 is 32.6 Å². The van der Waals surface area contributed by atoms with Crippen LogP contribution in [0.1, 0.15) is 34.8 Å². The molecule has 3 aromatic rings. The van der Waals surface area contributed by atoms with Crippen LogP contribution in [0.5, 0.6) is 5.75 Å². The van der Waals surface area contributed by atoms with Gasteiger partial charge in [-0.2, -0.15) is 0 Å². The van der Waals surface area contributed by atoms with E-state index < -0.39 is 0 Å². The maximum Gasteiger partial charge on any atom is 0.260 e. The molecular formula is C23H29N3O2S. The van der Waals surface area contributed by atoms with E-state index in [1.54, 1.807) is 0 Å². The Kier molecular flexibility index (Phi) is 6.87. The van der Waals surface area contributed by atoms with Crippen molar-refractivity contribution in [3.63, 3.8) is 0 Å². The van der Waals surface area contributed by atoms with Crippen LogP contribution in [0.2, 0.25) is 0 Å². The molecule has 0 saturated heterocycles. The van der Waals surface area contributed by atoms with E-state index in [1.807, 2.05) is 70.1 Å². The zero-order valence-corrected chi connectivity index (χ0v) is 18.7. The zero-order valence-electron chi connectivity index (χ0n) is 17.9. The third kappa shape index (κ3) is 4.95. The van der Waals surface area contributed by atoms with Gasteiger partial charge in [-0.15, -0.1) is 0 Å². The van der Waals surface area contributed by atoms with Crippen LogP contribution in [0.25, 0.3) is 10.2 Å². The second-order valence-electron chi connectivity index (χ2n) is 7.46. The van der Waals surface area contributed by atoms with Gasteiger partial charge in [0.2, 0.25) is 0 Å². The number of ether oxygens (including phenoxy) is 1. The van der Waals surface area contributed by atoms with E-state index in [2.05, 4.69) is 11.0 Å². The average Bonchev–Trinajstić information content (AvgIpc) is 3.09. The van der Waals surface area contributed by atoms with E-state index in [0.717, 1.165) is 50.8 Å². The predicted octanol–water partition coefficient (Wildman–Crippen LogP) is 4.91. The van der Waals surface area contributed by atoms with Crippen molar-refractivity contribution in [1.29, 1.82) is 0 Å². The van der Waals surface area contributed by atoms with E-state index in [-0.39, 0.29) is 5.91 Å². The molecule has 0 aliphatic rings. The minimum Gasteiger partial charge on any atom is -0.492 e. The Morgan fingerprint density at radius 2 is 1.93 bits per heavy atom. The predicted molar refractivity (Wildman–Crippen MR) is 122 cm³/mol. The fourth-order valence-electron chi connectivity index (χ4n) is 3.33. The zero-order chi connectivity index (χ0) is 21.0. The first-order chi connectivity index (χ1) is 13.9. The molecule has 0 saturated carbocycles. The first kappa shape index (κ1) is 21.3. The summed E-state index contributed by atoms with van der Waals surface area (Å²) in [6, 6.07) is 11.9. The molecule has 0 bridgehead atoms. The van der Waals surface area contributed by atoms with Gasteiger partial charge in [0, 0.05) is 12.1 Å². The molecule has 1 heterocycles. The summed E-state index contributed by atoms with van der Waals surface area (Å²) in [4.78, 5) is 22.2. The smallest absolute Gasteiger partial charge is 0.260 e. The van der Waals surface area contributed by atoms with Crippen LogP contribution in [-0.2, 0) is 0 Å². The summed E-state index contributed by atoms with van der Waals surface area (Å²) in [7, 11) is 4.09. The highest BCUT2D eigenvalue weighted by Gasteiger charge is 2.23. The first-order valence-corrected chi connectivity index (χ1v) is 10.8. The number of carbonyl (C=O) groups is 1. The molecule has 0 unspecified atom stereocenters. The van der Waals surface area contributed by atoms with E-state index in [4.69, 9.17) is 9.72 Å². The summed E-state index contributed by atoms with van der Waals surface area (Å²) in [6.07, 6.45) is 0.873. The molecule has 0 N–H and O–H groups in total. The van der Waals surface area contributed by atoms with Crippen molar-refractivity contribution in [3.05, 3.63) is 53.1 Å². The minimum absolute atomic E-state index is 0.00160. The molecule has 3 rings (SSSR count). The number of hydrogen-bond donors (Lipinski definition) is 0. The second-order valence-corrected chi connectivity index (χ2v) is 8.47. The number of rotatable bonds is 8. The number of aryl methyl sites for hydroxylation is 2. The highest BCUT2D eigenvalue weighted by atomic mass is 32.1. The molecule has 5 nitrogen and oxygen atoms in total. The quantitative estimate of drug-likeness (QED) is 0.528. The van der Waals surface area contributed by atoms with Crippen LogP contribution in [0.4, 0.5) is 5.13 Å². The Hall–Kier alpha value is -2.44. The molecule has 1 aromatic heterocycles. The summed E-state index contributed by atoms with van der Waals surface area (Å²) < 4.78 is 6.76. The molecule has 0 aliphatic carbocycles. The van der Waals surface area contributed by atoms with Crippen LogP contribution in [-0.4, -0.2) is 49.6 Å². The number of aromatic nitrogens is 1. The van der Waals surface area contributed by atoms with Gasteiger partial charge in [0.05, 0.1) is 11.3 Å². The molecule has 0 fully saturated rings. The van der Waals surface area contributed by atoms with Crippen molar-refractivity contribution in [2.45, 2.75) is 27.2 Å². The first-order valence-electron chi connectivity index (χ1n) is 9.97. The Morgan fingerprint density at radius 1 is 1.14 bits per heavy atom. The highest BCUT2D eigenvalue weighted by molar-refractivity contribution is 7.22. The number of thiazole rings is 1. The largest absolute Gasteiger partial charge is 0.492 e. The number of hydrogen-bond acceptors (Lipinski definition) is 5. The van der Waals surface area contributed by atoms with Crippen LogP contribution in [0, 0.1) is 13.8 Å². The van der Waals surface area contributed by atoms with Crippen molar-refractivity contribution in [3.8, 4) is 5.75 Å². The van der Waals surface area contributed by atoms with Crippen molar-refractivity contribution < 1.29 is 9.53 Å². The van der Waals surface area contributed by atoms with E-state index in [9.17, 15) is 4.79 Å². The van der Waals surface area contributed by atoms with E-state index >= 15 is 0 Å². The highest BCUT2D eigenvalue weighted by Crippen LogP contribution is 2.35. The fraction of sp³-hybridized carbons (Fsp3) is 0.391. The topological polar surface area (TPSA) is 45.7 Å². The lowest BCUT2D eigenvalue weighted by atomic mass is 10.0. The number of para-hydroxylation sites is 1. The van der Waals surface area contributed by atoms with Crippen LogP contribution in [0.15, 0.2) is 36.4 Å². The number of carbonyl (C=O) groups excluding carboxylic acids is 1. The Balaban J connectivity index is 1.99. The summed E-state index contributed by atoms with van der Waals surface area (Å²) in [5.41, 5.74) is 3.69. The van der Waals surface area contributed by atoms with Crippen molar-refractivity contribution in [1.82, 2.24) is 9.88 Å². The maximum absolute atomic E-state index is 13.5. The Morgan fingerprint density at radius 3 is 2.62 bits per heavy atom. The van der Waals surface area contributed by atoms with Crippen molar-refractivity contribution in [2.75, 3.05) is 38.7 Å². The molecule has 1 amide bonds. The number of amides is 1. The molecule has 0 atom stereocenters.